The first-order valence-electron chi connectivity index (χ1n) is 9.81. The number of benzene rings is 2. The standard InChI is InChI=1S/C23H27N3O2/c1-3-26(4-2)15-7-14-24-23(28)21-16-25-22(17-10-12-18(27)13-11-17)20-9-6-5-8-19(20)21/h5-6,8-13,16,27H,3-4,7,14-15H2,1-2H3,(H,24,28). The summed E-state index contributed by atoms with van der Waals surface area (Å²) in [6.45, 7) is 7.97. The van der Waals surface area contributed by atoms with Gasteiger partial charge in [0, 0.05) is 23.7 Å². The average molecular weight is 377 g/mol. The number of carbonyl (C=O) groups excluding carboxylic acids is 1. The Morgan fingerprint density at radius 1 is 1.04 bits per heavy atom. The second-order valence-electron chi connectivity index (χ2n) is 6.75. The van der Waals surface area contributed by atoms with Crippen molar-refractivity contribution in [1.82, 2.24) is 15.2 Å². The predicted octanol–water partition coefficient (Wildman–Crippen LogP) is 4.07. The van der Waals surface area contributed by atoms with Crippen LogP contribution in [0.25, 0.3) is 22.0 Å². The number of amides is 1. The van der Waals surface area contributed by atoms with E-state index in [-0.39, 0.29) is 11.7 Å². The van der Waals surface area contributed by atoms with Gasteiger partial charge in [0.1, 0.15) is 5.75 Å². The third-order valence-corrected chi connectivity index (χ3v) is 5.01. The number of phenolic OH excluding ortho intramolecular Hbond substituents is 1. The first kappa shape index (κ1) is 19.8. The summed E-state index contributed by atoms with van der Waals surface area (Å²) in [7, 11) is 0. The summed E-state index contributed by atoms with van der Waals surface area (Å²) >= 11 is 0. The molecule has 3 rings (SSSR count). The highest BCUT2D eigenvalue weighted by atomic mass is 16.3. The normalized spacial score (nSPS) is 11.1. The van der Waals surface area contributed by atoms with Crippen molar-refractivity contribution in [2.24, 2.45) is 0 Å². The first-order chi connectivity index (χ1) is 13.6. The highest BCUT2D eigenvalue weighted by molar-refractivity contribution is 6.09. The molecule has 0 unspecified atom stereocenters. The molecular weight excluding hydrogens is 350 g/mol. The van der Waals surface area contributed by atoms with Crippen LogP contribution in [0.15, 0.2) is 54.7 Å². The number of nitrogens with one attached hydrogen (secondary N) is 1. The molecule has 0 aliphatic heterocycles. The summed E-state index contributed by atoms with van der Waals surface area (Å²) in [5.41, 5.74) is 2.29. The molecule has 2 aromatic carbocycles. The van der Waals surface area contributed by atoms with E-state index in [0.717, 1.165) is 48.1 Å². The van der Waals surface area contributed by atoms with Gasteiger partial charge in [-0.3, -0.25) is 9.78 Å². The van der Waals surface area contributed by atoms with E-state index in [4.69, 9.17) is 0 Å². The largest absolute Gasteiger partial charge is 0.508 e. The summed E-state index contributed by atoms with van der Waals surface area (Å²) in [5, 5.41) is 14.3. The molecular formula is C23H27N3O2. The monoisotopic (exact) mass is 377 g/mol. The Kier molecular flexibility index (Phi) is 6.61. The van der Waals surface area contributed by atoms with Crippen molar-refractivity contribution in [1.29, 1.82) is 0 Å². The van der Waals surface area contributed by atoms with Gasteiger partial charge < -0.3 is 15.3 Å². The van der Waals surface area contributed by atoms with Gasteiger partial charge in [-0.2, -0.15) is 0 Å². The molecule has 0 aliphatic carbocycles. The van der Waals surface area contributed by atoms with E-state index in [1.54, 1.807) is 18.3 Å². The molecule has 1 amide bonds. The zero-order chi connectivity index (χ0) is 19.9. The zero-order valence-corrected chi connectivity index (χ0v) is 16.5. The van der Waals surface area contributed by atoms with E-state index in [9.17, 15) is 9.90 Å². The van der Waals surface area contributed by atoms with Crippen molar-refractivity contribution in [2.45, 2.75) is 20.3 Å². The SMILES string of the molecule is CCN(CC)CCCNC(=O)c1cnc(-c2ccc(O)cc2)c2ccccc12. The first-order valence-corrected chi connectivity index (χ1v) is 9.81. The maximum absolute atomic E-state index is 12.7. The van der Waals surface area contributed by atoms with Gasteiger partial charge in [0.25, 0.3) is 5.91 Å². The van der Waals surface area contributed by atoms with Gasteiger partial charge in [0.2, 0.25) is 0 Å². The molecule has 0 bridgehead atoms. The zero-order valence-electron chi connectivity index (χ0n) is 16.5. The third kappa shape index (κ3) is 4.49. The summed E-state index contributed by atoms with van der Waals surface area (Å²) < 4.78 is 0. The molecule has 0 saturated carbocycles. The lowest BCUT2D eigenvalue weighted by Crippen LogP contribution is -2.30. The van der Waals surface area contributed by atoms with E-state index in [2.05, 4.69) is 29.0 Å². The number of fused-ring (bicyclic) bond motifs is 1. The predicted molar refractivity (Wildman–Crippen MR) is 114 cm³/mol. The van der Waals surface area contributed by atoms with E-state index >= 15 is 0 Å². The minimum absolute atomic E-state index is 0.0968. The minimum atomic E-state index is -0.0968. The Bertz CT molecular complexity index is 934. The van der Waals surface area contributed by atoms with E-state index in [1.807, 2.05) is 36.4 Å². The Labute approximate surface area is 166 Å². The van der Waals surface area contributed by atoms with Crippen LogP contribution in [0.4, 0.5) is 0 Å². The van der Waals surface area contributed by atoms with Crippen LogP contribution >= 0.6 is 0 Å². The van der Waals surface area contributed by atoms with Crippen molar-refractivity contribution in [3.8, 4) is 17.0 Å². The van der Waals surface area contributed by atoms with Crippen LogP contribution in [0.1, 0.15) is 30.6 Å². The number of hydrogen-bond acceptors (Lipinski definition) is 4. The third-order valence-electron chi connectivity index (χ3n) is 5.01. The molecule has 0 saturated heterocycles. The molecule has 28 heavy (non-hydrogen) atoms. The molecule has 5 heteroatoms. The van der Waals surface area contributed by atoms with Crippen molar-refractivity contribution >= 4 is 16.7 Å². The van der Waals surface area contributed by atoms with Crippen LogP contribution in [-0.2, 0) is 0 Å². The second-order valence-corrected chi connectivity index (χ2v) is 6.75. The number of carbonyl (C=O) groups is 1. The number of rotatable bonds is 8. The summed E-state index contributed by atoms with van der Waals surface area (Å²) in [5.74, 6) is 0.120. The van der Waals surface area contributed by atoms with Crippen LogP contribution < -0.4 is 5.32 Å². The number of aromatic hydroxyl groups is 1. The fourth-order valence-electron chi connectivity index (χ4n) is 3.36. The molecule has 3 aromatic rings. The maximum atomic E-state index is 12.7. The van der Waals surface area contributed by atoms with E-state index in [1.165, 1.54) is 0 Å². The molecule has 0 radical (unpaired) electrons. The highest BCUT2D eigenvalue weighted by Gasteiger charge is 2.14. The summed E-state index contributed by atoms with van der Waals surface area (Å²) in [6.07, 6.45) is 2.56. The van der Waals surface area contributed by atoms with Gasteiger partial charge in [-0.1, -0.05) is 38.1 Å². The van der Waals surface area contributed by atoms with E-state index < -0.39 is 0 Å². The Hall–Kier alpha value is -2.92. The topological polar surface area (TPSA) is 65.5 Å². The number of hydrogen-bond donors (Lipinski definition) is 2. The fourth-order valence-corrected chi connectivity index (χ4v) is 3.36. The Morgan fingerprint density at radius 2 is 1.71 bits per heavy atom. The molecule has 5 nitrogen and oxygen atoms in total. The summed E-state index contributed by atoms with van der Waals surface area (Å²) in [4.78, 5) is 19.6. The van der Waals surface area contributed by atoms with Gasteiger partial charge in [0.15, 0.2) is 0 Å². The fraction of sp³-hybridized carbons (Fsp3) is 0.304. The molecule has 0 aliphatic rings. The smallest absolute Gasteiger partial charge is 0.253 e. The number of nitrogens with zero attached hydrogens (tertiary/aromatic N) is 2. The number of phenols is 1. The molecule has 0 fully saturated rings. The van der Waals surface area contributed by atoms with Crippen LogP contribution in [0.5, 0.6) is 5.75 Å². The Balaban J connectivity index is 1.80. The lowest BCUT2D eigenvalue weighted by atomic mass is 10.0. The molecule has 0 atom stereocenters. The van der Waals surface area contributed by atoms with Gasteiger partial charge in [-0.15, -0.1) is 0 Å². The maximum Gasteiger partial charge on any atom is 0.253 e. The molecule has 1 aromatic heterocycles. The molecule has 1 heterocycles. The second kappa shape index (κ2) is 9.33. The van der Waals surface area contributed by atoms with Crippen LogP contribution in [-0.4, -0.2) is 47.1 Å². The van der Waals surface area contributed by atoms with Crippen molar-refractivity contribution in [3.63, 3.8) is 0 Å². The highest BCUT2D eigenvalue weighted by Crippen LogP contribution is 2.29. The quantitative estimate of drug-likeness (QED) is 0.581. The van der Waals surface area contributed by atoms with Crippen LogP contribution in [0.2, 0.25) is 0 Å². The van der Waals surface area contributed by atoms with Crippen LogP contribution in [0, 0.1) is 0 Å². The van der Waals surface area contributed by atoms with Gasteiger partial charge in [-0.25, -0.2) is 0 Å². The molecule has 0 spiro atoms. The lowest BCUT2D eigenvalue weighted by Gasteiger charge is -2.17. The number of aromatic nitrogens is 1. The van der Waals surface area contributed by atoms with Gasteiger partial charge in [-0.05, 0) is 55.7 Å². The van der Waals surface area contributed by atoms with Crippen LogP contribution in [0.3, 0.4) is 0 Å². The average Bonchev–Trinajstić information content (AvgIpc) is 2.73. The van der Waals surface area contributed by atoms with Gasteiger partial charge >= 0.3 is 0 Å². The molecule has 146 valence electrons. The van der Waals surface area contributed by atoms with Gasteiger partial charge in [0.05, 0.1) is 11.3 Å². The van der Waals surface area contributed by atoms with Crippen molar-refractivity contribution in [2.75, 3.05) is 26.2 Å². The number of pyridine rings is 1. The Morgan fingerprint density at radius 3 is 2.39 bits per heavy atom. The molecule has 2 N–H and O–H groups in total. The summed E-state index contributed by atoms with van der Waals surface area (Å²) in [6, 6.07) is 14.7. The lowest BCUT2D eigenvalue weighted by molar-refractivity contribution is 0.0953. The minimum Gasteiger partial charge on any atom is -0.508 e. The van der Waals surface area contributed by atoms with Crippen molar-refractivity contribution < 1.29 is 9.90 Å². The van der Waals surface area contributed by atoms with E-state index in [0.29, 0.717) is 12.1 Å². The van der Waals surface area contributed by atoms with Crippen molar-refractivity contribution in [3.05, 3.63) is 60.3 Å².